The molecule has 0 aromatic heterocycles. The molecule has 0 aliphatic heterocycles. The molecule has 90 valence electrons. The lowest BCUT2D eigenvalue weighted by Gasteiger charge is -2.14. The molecule has 1 atom stereocenters. The second kappa shape index (κ2) is 5.78. The van der Waals surface area contributed by atoms with Gasteiger partial charge in [-0.05, 0) is 17.9 Å². The Kier molecular flexibility index (Phi) is 4.64. The van der Waals surface area contributed by atoms with Crippen molar-refractivity contribution in [2.75, 3.05) is 0 Å². The third-order valence-corrected chi connectivity index (χ3v) is 3.94. The molecule has 0 N–H and O–H groups in total. The highest BCUT2D eigenvalue weighted by Gasteiger charge is 2.15. The summed E-state index contributed by atoms with van der Waals surface area (Å²) < 4.78 is 0. The van der Waals surface area contributed by atoms with E-state index >= 15 is 0 Å². The Labute approximate surface area is 109 Å². The smallest absolute Gasteiger partial charge is 0.258 e. The molecule has 0 spiro atoms. The van der Waals surface area contributed by atoms with Crippen molar-refractivity contribution in [1.82, 2.24) is 0 Å². The summed E-state index contributed by atoms with van der Waals surface area (Å²) in [7, 11) is 0. The van der Waals surface area contributed by atoms with E-state index < -0.39 is 4.92 Å². The first-order valence-electron chi connectivity index (χ1n) is 5.27. The average molecular weight is 297 g/mol. The fraction of sp³-hybridized carbons (Fsp3) is 0.417. The Balaban J connectivity index is 3.02. The number of hydrogen-bond acceptors (Lipinski definition) is 3. The fourth-order valence-electron chi connectivity index (χ4n) is 1.41. The van der Waals surface area contributed by atoms with E-state index in [1.807, 2.05) is 6.07 Å². The van der Waals surface area contributed by atoms with Gasteiger partial charge >= 0.3 is 0 Å². The van der Waals surface area contributed by atoms with Crippen LogP contribution >= 0.6 is 15.9 Å². The first kappa shape index (κ1) is 13.7. The Morgan fingerprint density at radius 2 is 2.18 bits per heavy atom. The number of halogens is 1. The summed E-state index contributed by atoms with van der Waals surface area (Å²) in [5.74, 6) is 0.441. The van der Waals surface area contributed by atoms with Gasteiger partial charge in [0.05, 0.1) is 16.6 Å². The Bertz CT molecular complexity index is 466. The SMILES string of the molecule is CC(C)C(Br)Cc1ccc([N+](=O)[O-])cc1C#N. The van der Waals surface area contributed by atoms with Crippen molar-refractivity contribution in [1.29, 1.82) is 5.26 Å². The molecule has 5 heteroatoms. The van der Waals surface area contributed by atoms with E-state index in [-0.39, 0.29) is 10.5 Å². The second-order valence-electron chi connectivity index (χ2n) is 4.17. The Morgan fingerprint density at radius 1 is 1.53 bits per heavy atom. The standard InChI is InChI=1S/C12H13BrN2O2/c1-8(2)12(13)6-9-3-4-11(15(16)17)5-10(9)7-14/h3-5,8,12H,6H2,1-2H3. The minimum absolute atomic E-state index is 0.0408. The van der Waals surface area contributed by atoms with Crippen LogP contribution in [0.25, 0.3) is 0 Å². The van der Waals surface area contributed by atoms with Crippen LogP contribution in [0.15, 0.2) is 18.2 Å². The van der Waals surface area contributed by atoms with E-state index in [0.29, 0.717) is 17.9 Å². The molecule has 0 saturated carbocycles. The first-order chi connectivity index (χ1) is 7.95. The quantitative estimate of drug-likeness (QED) is 0.486. The Morgan fingerprint density at radius 3 is 2.65 bits per heavy atom. The molecule has 0 aliphatic carbocycles. The molecule has 0 amide bonds. The highest BCUT2D eigenvalue weighted by molar-refractivity contribution is 9.09. The summed E-state index contributed by atoms with van der Waals surface area (Å²) in [6.45, 7) is 4.16. The van der Waals surface area contributed by atoms with E-state index in [9.17, 15) is 10.1 Å². The average Bonchev–Trinajstić information content (AvgIpc) is 2.28. The number of non-ortho nitro benzene ring substituents is 1. The normalized spacial score (nSPS) is 12.2. The van der Waals surface area contributed by atoms with Crippen LogP contribution in [0.2, 0.25) is 0 Å². The number of rotatable bonds is 4. The third-order valence-electron chi connectivity index (χ3n) is 2.56. The van der Waals surface area contributed by atoms with E-state index in [1.54, 1.807) is 6.07 Å². The molecule has 0 heterocycles. The molecule has 1 unspecified atom stereocenters. The summed E-state index contributed by atoms with van der Waals surface area (Å²) in [4.78, 5) is 10.4. The van der Waals surface area contributed by atoms with Crippen LogP contribution in [-0.2, 0) is 6.42 Å². The van der Waals surface area contributed by atoms with Gasteiger partial charge in [-0.25, -0.2) is 0 Å². The molecule has 0 aliphatic rings. The van der Waals surface area contributed by atoms with E-state index in [0.717, 1.165) is 5.56 Å². The van der Waals surface area contributed by atoms with Crippen LogP contribution in [0, 0.1) is 27.4 Å². The lowest BCUT2D eigenvalue weighted by Crippen LogP contribution is -2.11. The number of nitro benzene ring substituents is 1. The molecular weight excluding hydrogens is 284 g/mol. The number of alkyl halides is 1. The summed E-state index contributed by atoms with van der Waals surface area (Å²) in [5, 5.41) is 19.6. The maximum Gasteiger partial charge on any atom is 0.270 e. The molecule has 17 heavy (non-hydrogen) atoms. The van der Waals surface area contributed by atoms with Crippen LogP contribution in [0.4, 0.5) is 5.69 Å². The highest BCUT2D eigenvalue weighted by atomic mass is 79.9. The van der Waals surface area contributed by atoms with Crippen molar-refractivity contribution < 1.29 is 4.92 Å². The van der Waals surface area contributed by atoms with Gasteiger partial charge in [-0.1, -0.05) is 35.8 Å². The molecule has 0 radical (unpaired) electrons. The van der Waals surface area contributed by atoms with Gasteiger partial charge in [-0.15, -0.1) is 0 Å². The van der Waals surface area contributed by atoms with Gasteiger partial charge in [0.2, 0.25) is 0 Å². The molecule has 1 rings (SSSR count). The van der Waals surface area contributed by atoms with Gasteiger partial charge < -0.3 is 0 Å². The van der Waals surface area contributed by atoms with Crippen molar-refractivity contribution in [3.63, 3.8) is 0 Å². The van der Waals surface area contributed by atoms with Gasteiger partial charge in [-0.3, -0.25) is 10.1 Å². The van der Waals surface area contributed by atoms with Gasteiger partial charge in [0.15, 0.2) is 0 Å². The first-order valence-corrected chi connectivity index (χ1v) is 6.18. The van der Waals surface area contributed by atoms with Crippen LogP contribution in [-0.4, -0.2) is 9.75 Å². The molecule has 1 aromatic carbocycles. The van der Waals surface area contributed by atoms with Gasteiger partial charge in [-0.2, -0.15) is 5.26 Å². The number of hydrogen-bond donors (Lipinski definition) is 0. The maximum atomic E-state index is 10.6. The highest BCUT2D eigenvalue weighted by Crippen LogP contribution is 2.23. The zero-order chi connectivity index (χ0) is 13.0. The summed E-state index contributed by atoms with van der Waals surface area (Å²) >= 11 is 3.55. The molecule has 0 fully saturated rings. The molecule has 0 bridgehead atoms. The topological polar surface area (TPSA) is 66.9 Å². The van der Waals surface area contributed by atoms with Crippen LogP contribution in [0.3, 0.4) is 0 Å². The van der Waals surface area contributed by atoms with Gasteiger partial charge in [0.25, 0.3) is 5.69 Å². The zero-order valence-electron chi connectivity index (χ0n) is 9.68. The van der Waals surface area contributed by atoms with Crippen LogP contribution in [0.1, 0.15) is 25.0 Å². The number of nitro groups is 1. The van der Waals surface area contributed by atoms with Gasteiger partial charge in [0, 0.05) is 17.0 Å². The fourth-order valence-corrected chi connectivity index (χ4v) is 1.75. The minimum atomic E-state index is -0.487. The number of benzene rings is 1. The minimum Gasteiger partial charge on any atom is -0.258 e. The van der Waals surface area contributed by atoms with E-state index in [1.165, 1.54) is 12.1 Å². The van der Waals surface area contributed by atoms with Crippen molar-refractivity contribution in [3.05, 3.63) is 39.4 Å². The summed E-state index contributed by atoms with van der Waals surface area (Å²) in [6, 6.07) is 6.44. The van der Waals surface area contributed by atoms with Crippen molar-refractivity contribution in [2.24, 2.45) is 5.92 Å². The van der Waals surface area contributed by atoms with E-state index in [2.05, 4.69) is 29.8 Å². The molecule has 1 aromatic rings. The largest absolute Gasteiger partial charge is 0.270 e. The molecular formula is C12H13BrN2O2. The zero-order valence-corrected chi connectivity index (χ0v) is 11.3. The van der Waals surface area contributed by atoms with Gasteiger partial charge in [0.1, 0.15) is 0 Å². The second-order valence-corrected chi connectivity index (χ2v) is 5.35. The van der Waals surface area contributed by atoms with Crippen molar-refractivity contribution in [2.45, 2.75) is 25.1 Å². The third kappa shape index (κ3) is 3.53. The monoisotopic (exact) mass is 296 g/mol. The molecule has 4 nitrogen and oxygen atoms in total. The predicted molar refractivity (Wildman–Crippen MR) is 69.1 cm³/mol. The summed E-state index contributed by atoms with van der Waals surface area (Å²) in [5.41, 5.74) is 1.18. The maximum absolute atomic E-state index is 10.6. The molecule has 0 saturated heterocycles. The predicted octanol–water partition coefficient (Wildman–Crippen LogP) is 3.43. The Hall–Kier alpha value is -1.41. The summed E-state index contributed by atoms with van der Waals surface area (Å²) in [6.07, 6.45) is 0.693. The lowest BCUT2D eigenvalue weighted by atomic mass is 9.98. The lowest BCUT2D eigenvalue weighted by molar-refractivity contribution is -0.384. The van der Waals surface area contributed by atoms with Crippen LogP contribution in [0.5, 0.6) is 0 Å². The van der Waals surface area contributed by atoms with Crippen molar-refractivity contribution >= 4 is 21.6 Å². The number of nitrogens with zero attached hydrogens (tertiary/aromatic N) is 2. The van der Waals surface area contributed by atoms with Crippen molar-refractivity contribution in [3.8, 4) is 6.07 Å². The van der Waals surface area contributed by atoms with E-state index in [4.69, 9.17) is 5.26 Å². The van der Waals surface area contributed by atoms with Crippen LogP contribution < -0.4 is 0 Å². The number of nitriles is 1.